The van der Waals surface area contributed by atoms with Gasteiger partial charge in [0.25, 0.3) is 0 Å². The summed E-state index contributed by atoms with van der Waals surface area (Å²) in [5, 5.41) is 8.72. The summed E-state index contributed by atoms with van der Waals surface area (Å²) >= 11 is 0. The Labute approximate surface area is 102 Å². The molecule has 0 spiro atoms. The molecule has 1 aromatic heterocycles. The minimum atomic E-state index is -4.56. The molecule has 6 heteroatoms. The third-order valence-electron chi connectivity index (χ3n) is 3.21. The standard InChI is InChI=1S/C12H12F3NO2/c13-12(14,15)9-5-8(11(17)18)6-16-10(9)7-3-1-2-4-7/h5-7H,1-4H2,(H,17,18). The molecule has 1 N–H and O–H groups in total. The monoisotopic (exact) mass is 259 g/mol. The zero-order valence-electron chi connectivity index (χ0n) is 9.50. The van der Waals surface area contributed by atoms with Crippen LogP contribution in [0.25, 0.3) is 0 Å². The van der Waals surface area contributed by atoms with Gasteiger partial charge in [0.2, 0.25) is 0 Å². The second kappa shape index (κ2) is 4.59. The number of nitrogens with zero attached hydrogens (tertiary/aromatic N) is 1. The molecule has 0 atom stereocenters. The van der Waals surface area contributed by atoms with Crippen LogP contribution in [0.4, 0.5) is 13.2 Å². The number of aromatic carboxylic acids is 1. The maximum atomic E-state index is 12.9. The van der Waals surface area contributed by atoms with Gasteiger partial charge in [-0.2, -0.15) is 13.2 Å². The van der Waals surface area contributed by atoms with Crippen LogP contribution in [0.1, 0.15) is 53.2 Å². The molecule has 1 aliphatic rings. The molecule has 1 saturated carbocycles. The van der Waals surface area contributed by atoms with Crippen LogP contribution in [0.5, 0.6) is 0 Å². The third kappa shape index (κ3) is 2.47. The van der Waals surface area contributed by atoms with Crippen LogP contribution in [0.15, 0.2) is 12.3 Å². The Balaban J connectivity index is 2.48. The van der Waals surface area contributed by atoms with Gasteiger partial charge in [0.05, 0.1) is 16.8 Å². The quantitative estimate of drug-likeness (QED) is 0.884. The lowest BCUT2D eigenvalue weighted by molar-refractivity contribution is -0.138. The fraction of sp³-hybridized carbons (Fsp3) is 0.500. The van der Waals surface area contributed by atoms with E-state index in [1.165, 1.54) is 0 Å². The van der Waals surface area contributed by atoms with Gasteiger partial charge in [-0.25, -0.2) is 4.79 Å². The number of aromatic nitrogens is 1. The number of hydrogen-bond acceptors (Lipinski definition) is 2. The van der Waals surface area contributed by atoms with Crippen molar-refractivity contribution in [2.75, 3.05) is 0 Å². The first-order chi connectivity index (χ1) is 8.39. The predicted molar refractivity (Wildman–Crippen MR) is 57.4 cm³/mol. The molecule has 18 heavy (non-hydrogen) atoms. The number of carboxylic acid groups (broad SMARTS) is 1. The van der Waals surface area contributed by atoms with Crippen LogP contribution < -0.4 is 0 Å². The Morgan fingerprint density at radius 3 is 2.44 bits per heavy atom. The molecule has 0 aliphatic heterocycles. The summed E-state index contributed by atoms with van der Waals surface area (Å²) in [6, 6.07) is 0.684. The molecule has 98 valence electrons. The first-order valence-corrected chi connectivity index (χ1v) is 5.70. The van der Waals surface area contributed by atoms with Gasteiger partial charge in [-0.1, -0.05) is 12.8 Å². The highest BCUT2D eigenvalue weighted by molar-refractivity contribution is 5.87. The van der Waals surface area contributed by atoms with E-state index in [2.05, 4.69) is 4.98 Å². The van der Waals surface area contributed by atoms with Gasteiger partial charge in [-0.05, 0) is 18.9 Å². The molecule has 1 aliphatic carbocycles. The summed E-state index contributed by atoms with van der Waals surface area (Å²) in [6.07, 6.45) is -0.402. The van der Waals surface area contributed by atoms with Gasteiger partial charge in [0.15, 0.2) is 0 Å². The van der Waals surface area contributed by atoms with Crippen LogP contribution >= 0.6 is 0 Å². The lowest BCUT2D eigenvalue weighted by Gasteiger charge is -2.16. The molecule has 0 amide bonds. The molecule has 0 radical (unpaired) electrons. The van der Waals surface area contributed by atoms with Gasteiger partial charge >= 0.3 is 12.1 Å². The van der Waals surface area contributed by atoms with Crippen molar-refractivity contribution in [3.8, 4) is 0 Å². The zero-order chi connectivity index (χ0) is 13.3. The van der Waals surface area contributed by atoms with Gasteiger partial charge in [0, 0.05) is 12.1 Å². The van der Waals surface area contributed by atoms with E-state index < -0.39 is 23.3 Å². The molecule has 0 bridgehead atoms. The minimum absolute atomic E-state index is 0.00926. The lowest BCUT2D eigenvalue weighted by atomic mass is 9.97. The molecule has 1 aromatic rings. The van der Waals surface area contributed by atoms with Gasteiger partial charge in [-0.3, -0.25) is 4.98 Å². The van der Waals surface area contributed by atoms with E-state index in [-0.39, 0.29) is 11.6 Å². The molecule has 3 nitrogen and oxygen atoms in total. The summed E-state index contributed by atoms with van der Waals surface area (Å²) in [7, 11) is 0. The van der Waals surface area contributed by atoms with E-state index in [0.29, 0.717) is 18.9 Å². The van der Waals surface area contributed by atoms with Gasteiger partial charge in [0.1, 0.15) is 0 Å². The Kier molecular flexibility index (Phi) is 3.28. The van der Waals surface area contributed by atoms with Crippen molar-refractivity contribution in [1.29, 1.82) is 0 Å². The highest BCUT2D eigenvalue weighted by Crippen LogP contribution is 2.40. The molecular weight excluding hydrogens is 247 g/mol. The van der Waals surface area contributed by atoms with Crippen molar-refractivity contribution in [2.24, 2.45) is 0 Å². The highest BCUT2D eigenvalue weighted by atomic mass is 19.4. The Hall–Kier alpha value is -1.59. The SMILES string of the molecule is O=C(O)c1cnc(C2CCCC2)c(C(F)(F)F)c1. The number of pyridine rings is 1. The largest absolute Gasteiger partial charge is 0.478 e. The molecule has 1 fully saturated rings. The zero-order valence-corrected chi connectivity index (χ0v) is 9.50. The molecular formula is C12H12F3NO2. The summed E-state index contributed by atoms with van der Waals surface area (Å²) in [5.41, 5.74) is -1.34. The minimum Gasteiger partial charge on any atom is -0.478 e. The van der Waals surface area contributed by atoms with Crippen molar-refractivity contribution in [1.82, 2.24) is 4.98 Å². The van der Waals surface area contributed by atoms with E-state index in [4.69, 9.17) is 5.11 Å². The average molecular weight is 259 g/mol. The molecule has 0 aromatic carbocycles. The smallest absolute Gasteiger partial charge is 0.418 e. The third-order valence-corrected chi connectivity index (χ3v) is 3.21. The van der Waals surface area contributed by atoms with E-state index >= 15 is 0 Å². The fourth-order valence-electron chi connectivity index (χ4n) is 2.34. The number of rotatable bonds is 2. The molecule has 0 saturated heterocycles. The molecule has 2 rings (SSSR count). The van der Waals surface area contributed by atoms with E-state index in [1.807, 2.05) is 0 Å². The number of hydrogen-bond donors (Lipinski definition) is 1. The molecule has 0 unspecified atom stereocenters. The lowest BCUT2D eigenvalue weighted by Crippen LogP contribution is -2.15. The van der Waals surface area contributed by atoms with Crippen LogP contribution in [-0.2, 0) is 6.18 Å². The van der Waals surface area contributed by atoms with Crippen LogP contribution in [0.3, 0.4) is 0 Å². The maximum absolute atomic E-state index is 12.9. The fourth-order valence-corrected chi connectivity index (χ4v) is 2.34. The van der Waals surface area contributed by atoms with Crippen molar-refractivity contribution < 1.29 is 23.1 Å². The van der Waals surface area contributed by atoms with Crippen molar-refractivity contribution in [3.05, 3.63) is 29.1 Å². The van der Waals surface area contributed by atoms with E-state index in [1.54, 1.807) is 0 Å². The Morgan fingerprint density at radius 2 is 1.94 bits per heavy atom. The first-order valence-electron chi connectivity index (χ1n) is 5.70. The Morgan fingerprint density at radius 1 is 1.33 bits per heavy atom. The van der Waals surface area contributed by atoms with Crippen LogP contribution in [0, 0.1) is 0 Å². The highest BCUT2D eigenvalue weighted by Gasteiger charge is 2.37. The number of carboxylic acids is 1. The van der Waals surface area contributed by atoms with E-state index in [0.717, 1.165) is 19.0 Å². The maximum Gasteiger partial charge on any atom is 0.418 e. The second-order valence-corrected chi connectivity index (χ2v) is 4.44. The predicted octanol–water partition coefficient (Wildman–Crippen LogP) is 3.46. The Bertz CT molecular complexity index is 465. The van der Waals surface area contributed by atoms with E-state index in [9.17, 15) is 18.0 Å². The van der Waals surface area contributed by atoms with Gasteiger partial charge < -0.3 is 5.11 Å². The topological polar surface area (TPSA) is 50.2 Å². The molecule has 1 heterocycles. The van der Waals surface area contributed by atoms with Crippen molar-refractivity contribution >= 4 is 5.97 Å². The first kappa shape index (κ1) is 12.9. The number of halogens is 3. The van der Waals surface area contributed by atoms with Crippen molar-refractivity contribution in [3.63, 3.8) is 0 Å². The summed E-state index contributed by atoms with van der Waals surface area (Å²) < 4.78 is 38.7. The van der Waals surface area contributed by atoms with Crippen LogP contribution in [-0.4, -0.2) is 16.1 Å². The number of carbonyl (C=O) groups is 1. The van der Waals surface area contributed by atoms with Crippen molar-refractivity contribution in [2.45, 2.75) is 37.8 Å². The van der Waals surface area contributed by atoms with Gasteiger partial charge in [-0.15, -0.1) is 0 Å². The second-order valence-electron chi connectivity index (χ2n) is 4.44. The normalized spacial score (nSPS) is 17.1. The summed E-state index contributed by atoms with van der Waals surface area (Å²) in [5.74, 6) is -1.60. The van der Waals surface area contributed by atoms with Crippen LogP contribution in [0.2, 0.25) is 0 Å². The summed E-state index contributed by atoms with van der Waals surface area (Å²) in [4.78, 5) is 14.5. The average Bonchev–Trinajstić information content (AvgIpc) is 2.80. The number of alkyl halides is 3. The summed E-state index contributed by atoms with van der Waals surface area (Å²) in [6.45, 7) is 0.